The Labute approximate surface area is 301 Å². The second-order valence-electron chi connectivity index (χ2n) is 13.1. The van der Waals surface area contributed by atoms with Crippen molar-refractivity contribution in [1.82, 2.24) is 5.32 Å². The van der Waals surface area contributed by atoms with Crippen molar-refractivity contribution in [3.8, 4) is 11.1 Å². The van der Waals surface area contributed by atoms with Crippen LogP contribution >= 0.6 is 0 Å². The molecular formula is C44H46N2O5. The molecule has 0 unspecified atom stereocenters. The molecule has 7 heteroatoms. The first-order valence-electron chi connectivity index (χ1n) is 17.5. The summed E-state index contributed by atoms with van der Waals surface area (Å²) in [6.45, 7) is 5.92. The van der Waals surface area contributed by atoms with Gasteiger partial charge in [0.1, 0.15) is 25.3 Å². The van der Waals surface area contributed by atoms with Crippen molar-refractivity contribution in [3.05, 3.63) is 162 Å². The van der Waals surface area contributed by atoms with Crippen molar-refractivity contribution in [2.45, 2.75) is 65.0 Å². The van der Waals surface area contributed by atoms with E-state index in [9.17, 15) is 14.4 Å². The maximum atomic E-state index is 14.8. The van der Waals surface area contributed by atoms with Crippen LogP contribution in [0.25, 0.3) is 11.1 Å². The van der Waals surface area contributed by atoms with Gasteiger partial charge in [0.25, 0.3) is 0 Å². The molecule has 0 fully saturated rings. The number of carbonyl (C=O) groups is 3. The Morgan fingerprint density at radius 2 is 1.00 bits per heavy atom. The molecule has 0 spiro atoms. The molecule has 0 bridgehead atoms. The molecule has 0 aliphatic heterocycles. The highest BCUT2D eigenvalue weighted by Gasteiger charge is 2.36. The zero-order valence-corrected chi connectivity index (χ0v) is 29.5. The molecule has 0 heterocycles. The summed E-state index contributed by atoms with van der Waals surface area (Å²) in [7, 11) is 0. The molecule has 0 aliphatic carbocycles. The smallest absolute Gasteiger partial charge is 0.329 e. The lowest BCUT2D eigenvalue weighted by Gasteiger charge is -2.34. The zero-order valence-electron chi connectivity index (χ0n) is 29.5. The SMILES string of the molecule is CC(C)C[C@H](N[C@@H](Cc1ccccc1)C(=O)OCc1ccccc1)C(=O)N(c1ccc(-c2ccccc2)cc1)[C@@H](C)C(=O)OCc1ccccc1. The van der Waals surface area contributed by atoms with Crippen LogP contribution in [0.5, 0.6) is 0 Å². The summed E-state index contributed by atoms with van der Waals surface area (Å²) >= 11 is 0. The number of anilines is 1. The lowest BCUT2D eigenvalue weighted by Crippen LogP contribution is -2.56. The van der Waals surface area contributed by atoms with Gasteiger partial charge in [-0.05, 0) is 65.6 Å². The summed E-state index contributed by atoms with van der Waals surface area (Å²) < 4.78 is 11.5. The van der Waals surface area contributed by atoms with E-state index in [1.165, 1.54) is 4.90 Å². The predicted octanol–water partition coefficient (Wildman–Crippen LogP) is 8.18. The average Bonchev–Trinajstić information content (AvgIpc) is 3.17. The van der Waals surface area contributed by atoms with Gasteiger partial charge >= 0.3 is 11.9 Å². The van der Waals surface area contributed by atoms with Crippen LogP contribution in [0.4, 0.5) is 5.69 Å². The van der Waals surface area contributed by atoms with E-state index in [2.05, 4.69) is 5.32 Å². The number of benzene rings is 5. The second-order valence-corrected chi connectivity index (χ2v) is 13.1. The van der Waals surface area contributed by atoms with Crippen LogP contribution in [-0.2, 0) is 43.5 Å². The summed E-state index contributed by atoms with van der Waals surface area (Å²) in [5.41, 5.74) is 5.20. The van der Waals surface area contributed by atoms with Gasteiger partial charge in [0.2, 0.25) is 5.91 Å². The number of nitrogens with zero attached hydrogens (tertiary/aromatic N) is 1. The van der Waals surface area contributed by atoms with Crippen LogP contribution < -0.4 is 10.2 Å². The maximum absolute atomic E-state index is 14.8. The summed E-state index contributed by atoms with van der Waals surface area (Å²) in [5, 5.41) is 3.39. The predicted molar refractivity (Wildman–Crippen MR) is 202 cm³/mol. The van der Waals surface area contributed by atoms with Gasteiger partial charge in [-0.25, -0.2) is 4.79 Å². The summed E-state index contributed by atoms with van der Waals surface area (Å²) in [5.74, 6) is -1.25. The number of amides is 1. The third-order valence-corrected chi connectivity index (χ3v) is 8.64. The van der Waals surface area contributed by atoms with Gasteiger partial charge in [-0.15, -0.1) is 0 Å². The molecule has 7 nitrogen and oxygen atoms in total. The van der Waals surface area contributed by atoms with Gasteiger partial charge in [-0.2, -0.15) is 0 Å². The number of carbonyl (C=O) groups excluding carboxylic acids is 3. The average molecular weight is 683 g/mol. The second kappa shape index (κ2) is 18.5. The summed E-state index contributed by atoms with van der Waals surface area (Å²) in [6.07, 6.45) is 0.733. The zero-order chi connectivity index (χ0) is 36.0. The normalized spacial score (nSPS) is 12.8. The Kier molecular flexibility index (Phi) is 13.3. The number of nitrogens with one attached hydrogen (secondary N) is 1. The van der Waals surface area contributed by atoms with E-state index in [1.807, 2.05) is 159 Å². The molecule has 3 atom stereocenters. The summed E-state index contributed by atoms with van der Waals surface area (Å²) in [6, 6.07) is 43.5. The molecule has 5 aromatic carbocycles. The monoisotopic (exact) mass is 682 g/mol. The number of esters is 2. The molecule has 0 saturated heterocycles. The Morgan fingerprint density at radius 1 is 0.549 bits per heavy atom. The summed E-state index contributed by atoms with van der Waals surface area (Å²) in [4.78, 5) is 43.7. The van der Waals surface area contributed by atoms with Crippen molar-refractivity contribution in [2.24, 2.45) is 5.92 Å². The van der Waals surface area contributed by atoms with E-state index in [0.29, 0.717) is 18.5 Å². The molecule has 1 N–H and O–H groups in total. The molecule has 0 saturated carbocycles. The minimum Gasteiger partial charge on any atom is -0.460 e. The first-order valence-corrected chi connectivity index (χ1v) is 17.5. The van der Waals surface area contributed by atoms with Gasteiger partial charge in [-0.3, -0.25) is 19.8 Å². The third-order valence-electron chi connectivity index (χ3n) is 8.64. The molecule has 51 heavy (non-hydrogen) atoms. The highest BCUT2D eigenvalue weighted by atomic mass is 16.5. The van der Waals surface area contributed by atoms with Gasteiger partial charge in [-0.1, -0.05) is 147 Å². The third kappa shape index (κ3) is 10.7. The Bertz CT molecular complexity index is 1810. The van der Waals surface area contributed by atoms with E-state index in [-0.39, 0.29) is 25.0 Å². The minimum absolute atomic E-state index is 0.0824. The van der Waals surface area contributed by atoms with Crippen molar-refractivity contribution in [3.63, 3.8) is 0 Å². The lowest BCUT2D eigenvalue weighted by atomic mass is 9.98. The number of rotatable bonds is 16. The van der Waals surface area contributed by atoms with E-state index < -0.39 is 30.1 Å². The first-order chi connectivity index (χ1) is 24.8. The number of ether oxygens (including phenoxy) is 2. The topological polar surface area (TPSA) is 84.9 Å². The molecule has 0 aliphatic rings. The highest BCUT2D eigenvalue weighted by Crippen LogP contribution is 2.26. The maximum Gasteiger partial charge on any atom is 0.329 e. The quantitative estimate of drug-likeness (QED) is 0.106. The van der Waals surface area contributed by atoms with Crippen molar-refractivity contribution < 1.29 is 23.9 Å². The number of hydrogen-bond acceptors (Lipinski definition) is 6. The minimum atomic E-state index is -0.960. The largest absolute Gasteiger partial charge is 0.460 e. The van der Waals surface area contributed by atoms with Crippen LogP contribution in [0.2, 0.25) is 0 Å². The van der Waals surface area contributed by atoms with Crippen LogP contribution in [-0.4, -0.2) is 36.0 Å². The Balaban J connectivity index is 1.45. The van der Waals surface area contributed by atoms with E-state index in [0.717, 1.165) is 27.8 Å². The molecular weight excluding hydrogens is 636 g/mol. The van der Waals surface area contributed by atoms with Gasteiger partial charge in [0.05, 0.1) is 6.04 Å². The van der Waals surface area contributed by atoms with Gasteiger partial charge in [0.15, 0.2) is 0 Å². The van der Waals surface area contributed by atoms with E-state index in [1.54, 1.807) is 6.92 Å². The van der Waals surface area contributed by atoms with Crippen LogP contribution in [0, 0.1) is 5.92 Å². The van der Waals surface area contributed by atoms with Gasteiger partial charge < -0.3 is 9.47 Å². The number of hydrogen-bond donors (Lipinski definition) is 1. The Morgan fingerprint density at radius 3 is 1.51 bits per heavy atom. The molecule has 5 rings (SSSR count). The van der Waals surface area contributed by atoms with Crippen LogP contribution in [0.3, 0.4) is 0 Å². The molecule has 5 aromatic rings. The van der Waals surface area contributed by atoms with Crippen molar-refractivity contribution >= 4 is 23.5 Å². The molecule has 1 amide bonds. The van der Waals surface area contributed by atoms with Crippen LogP contribution in [0.15, 0.2) is 146 Å². The fourth-order valence-corrected chi connectivity index (χ4v) is 5.95. The fraction of sp³-hybridized carbons (Fsp3) is 0.250. The van der Waals surface area contributed by atoms with Gasteiger partial charge in [0, 0.05) is 5.69 Å². The van der Waals surface area contributed by atoms with Crippen LogP contribution in [0.1, 0.15) is 43.9 Å². The lowest BCUT2D eigenvalue weighted by molar-refractivity contribution is -0.149. The molecule has 0 aromatic heterocycles. The highest BCUT2D eigenvalue weighted by molar-refractivity contribution is 6.02. The fourth-order valence-electron chi connectivity index (χ4n) is 5.95. The molecule has 0 radical (unpaired) electrons. The standard InChI is InChI=1S/C44H46N2O5/c1-32(2)28-40(45-41(29-34-16-8-4-9-17-34)44(49)51-31-36-20-12-6-13-21-36)42(47)46(33(3)43(48)50-30-35-18-10-5-11-19-35)39-26-24-38(25-27-39)37-22-14-7-15-23-37/h4-27,32-33,40-41,45H,28-31H2,1-3H3/t33-,40-,41-/m0/s1. The Hall–Kier alpha value is -5.53. The first kappa shape index (κ1) is 36.7. The van der Waals surface area contributed by atoms with Crippen molar-refractivity contribution in [1.29, 1.82) is 0 Å². The molecule has 262 valence electrons. The van der Waals surface area contributed by atoms with E-state index in [4.69, 9.17) is 9.47 Å². The van der Waals surface area contributed by atoms with E-state index >= 15 is 0 Å². The van der Waals surface area contributed by atoms with Crippen molar-refractivity contribution in [2.75, 3.05) is 4.90 Å².